The first-order valence-electron chi connectivity index (χ1n) is 12.6. The highest BCUT2D eigenvalue weighted by Crippen LogP contribution is 2.36. The summed E-state index contributed by atoms with van der Waals surface area (Å²) in [6.07, 6.45) is 4.36. The molecule has 0 saturated carbocycles. The maximum atomic E-state index is 5.24. The minimum Gasteiger partial charge on any atom is -0.355 e. The van der Waals surface area contributed by atoms with Crippen molar-refractivity contribution in [2.24, 2.45) is 0 Å². The molecule has 5 rings (SSSR count). The molecule has 4 heteroatoms. The number of nitrogens with zero attached hydrogens (tertiary/aromatic N) is 1. The van der Waals surface area contributed by atoms with Crippen LogP contribution in [0.4, 0.5) is 0 Å². The summed E-state index contributed by atoms with van der Waals surface area (Å²) in [6.45, 7) is 20.4. The summed E-state index contributed by atoms with van der Waals surface area (Å²) in [5.74, 6) is 0. The molecule has 182 valence electrons. The van der Waals surface area contributed by atoms with Crippen LogP contribution >= 0.6 is 0 Å². The van der Waals surface area contributed by atoms with Gasteiger partial charge in [-0.3, -0.25) is 0 Å². The van der Waals surface area contributed by atoms with Crippen LogP contribution in [0.5, 0.6) is 0 Å². The first kappa shape index (κ1) is 23.5. The average Bonchev–Trinajstić information content (AvgIpc) is 3.47. The van der Waals surface area contributed by atoms with Gasteiger partial charge in [-0.25, -0.2) is 4.98 Å². The maximum absolute atomic E-state index is 5.24. The van der Waals surface area contributed by atoms with Crippen molar-refractivity contribution in [3.05, 3.63) is 64.5 Å². The zero-order chi connectivity index (χ0) is 25.3. The third-order valence-corrected chi connectivity index (χ3v) is 6.83. The van der Waals surface area contributed by atoms with Gasteiger partial charge in [0, 0.05) is 38.8 Å². The lowest BCUT2D eigenvalue weighted by atomic mass is 9.85. The van der Waals surface area contributed by atoms with Crippen molar-refractivity contribution in [1.29, 1.82) is 0 Å². The molecule has 3 N–H and O–H groups in total. The van der Waals surface area contributed by atoms with Crippen LogP contribution in [0.2, 0.25) is 0 Å². The van der Waals surface area contributed by atoms with E-state index in [-0.39, 0.29) is 16.2 Å². The molecule has 0 atom stereocenters. The largest absolute Gasteiger partial charge is 0.355 e. The minimum atomic E-state index is -0.0856. The van der Waals surface area contributed by atoms with E-state index in [0.717, 1.165) is 44.5 Å². The Labute approximate surface area is 208 Å². The third kappa shape index (κ3) is 4.09. The predicted molar refractivity (Wildman–Crippen MR) is 151 cm³/mol. The SMILES string of the molecule is CC(C)(C)c1c2nc(c(C(C)(C)C)c3ccc([nH]3)c3ccc([nH]3)c(C(C)(C)C)c3ccc1[nH]3)C=C2. The van der Waals surface area contributed by atoms with E-state index in [2.05, 4.69) is 126 Å². The van der Waals surface area contributed by atoms with Crippen molar-refractivity contribution in [2.75, 3.05) is 0 Å². The Morgan fingerprint density at radius 1 is 0.429 bits per heavy atom. The molecular formula is C31H38N4. The Hall–Kier alpha value is -3.27. The van der Waals surface area contributed by atoms with Crippen molar-refractivity contribution < 1.29 is 0 Å². The van der Waals surface area contributed by atoms with E-state index in [1.165, 1.54) is 16.7 Å². The molecule has 0 radical (unpaired) electrons. The monoisotopic (exact) mass is 466 g/mol. The second-order valence-corrected chi connectivity index (χ2v) is 12.9. The molecular weight excluding hydrogens is 428 g/mol. The number of fused-ring (bicyclic) bond motifs is 9. The van der Waals surface area contributed by atoms with Crippen molar-refractivity contribution in [3.8, 4) is 0 Å². The molecule has 1 aliphatic heterocycles. The zero-order valence-corrected chi connectivity index (χ0v) is 22.6. The van der Waals surface area contributed by atoms with E-state index in [0.29, 0.717) is 0 Å². The molecule has 1 aliphatic rings. The number of hydrogen-bond donors (Lipinski definition) is 3. The molecule has 0 aliphatic carbocycles. The van der Waals surface area contributed by atoms with E-state index in [1.54, 1.807) is 0 Å². The highest BCUT2D eigenvalue weighted by molar-refractivity contribution is 5.86. The predicted octanol–water partition coefficient (Wildman–Crippen LogP) is 8.59. The second kappa shape index (κ2) is 7.61. The number of H-pyrrole nitrogens is 3. The molecule has 0 unspecified atom stereocenters. The summed E-state index contributed by atoms with van der Waals surface area (Å²) < 4.78 is 0. The molecule has 0 spiro atoms. The second-order valence-electron chi connectivity index (χ2n) is 12.9. The van der Waals surface area contributed by atoms with Gasteiger partial charge in [-0.2, -0.15) is 0 Å². The molecule has 0 saturated heterocycles. The van der Waals surface area contributed by atoms with Crippen LogP contribution in [0.25, 0.3) is 45.3 Å². The Kier molecular flexibility index (Phi) is 5.11. The number of rotatable bonds is 0. The van der Waals surface area contributed by atoms with E-state index < -0.39 is 0 Å². The van der Waals surface area contributed by atoms with E-state index >= 15 is 0 Å². The summed E-state index contributed by atoms with van der Waals surface area (Å²) in [5.41, 5.74) is 12.2. The maximum Gasteiger partial charge on any atom is 0.0695 e. The number of nitrogens with one attached hydrogen (secondary N) is 3. The molecule has 5 heterocycles. The van der Waals surface area contributed by atoms with Gasteiger partial charge < -0.3 is 15.0 Å². The molecule has 0 aromatic carbocycles. The van der Waals surface area contributed by atoms with Gasteiger partial charge in [-0.15, -0.1) is 0 Å². The number of aromatic amines is 3. The Bertz CT molecular complexity index is 1580. The van der Waals surface area contributed by atoms with Crippen LogP contribution in [0, 0.1) is 0 Å². The fourth-order valence-electron chi connectivity index (χ4n) is 5.53. The lowest BCUT2D eigenvalue weighted by Gasteiger charge is -2.21. The zero-order valence-electron chi connectivity index (χ0n) is 22.6. The van der Waals surface area contributed by atoms with Gasteiger partial charge in [0.1, 0.15) is 0 Å². The highest BCUT2D eigenvalue weighted by atomic mass is 14.8. The van der Waals surface area contributed by atoms with Gasteiger partial charge in [0.2, 0.25) is 0 Å². The van der Waals surface area contributed by atoms with Crippen molar-refractivity contribution in [3.63, 3.8) is 0 Å². The van der Waals surface area contributed by atoms with Gasteiger partial charge >= 0.3 is 0 Å². The normalized spacial score (nSPS) is 13.7. The molecule has 0 fully saturated rings. The molecule has 4 aromatic heterocycles. The van der Waals surface area contributed by atoms with Crippen LogP contribution in [0.1, 0.15) is 90.4 Å². The van der Waals surface area contributed by atoms with Crippen molar-refractivity contribution in [1.82, 2.24) is 19.9 Å². The quantitative estimate of drug-likeness (QED) is 0.210. The number of aromatic nitrogens is 4. The van der Waals surface area contributed by atoms with Crippen LogP contribution in [0.3, 0.4) is 0 Å². The van der Waals surface area contributed by atoms with E-state index in [4.69, 9.17) is 4.98 Å². The fourth-order valence-corrected chi connectivity index (χ4v) is 5.53. The average molecular weight is 467 g/mol. The first-order valence-corrected chi connectivity index (χ1v) is 12.6. The van der Waals surface area contributed by atoms with E-state index in [1.807, 2.05) is 0 Å². The first-order chi connectivity index (χ1) is 16.2. The summed E-state index contributed by atoms with van der Waals surface area (Å²) >= 11 is 0. The summed E-state index contributed by atoms with van der Waals surface area (Å²) in [7, 11) is 0. The summed E-state index contributed by atoms with van der Waals surface area (Å²) in [5, 5.41) is 0. The number of hydrogen-bond acceptors (Lipinski definition) is 1. The van der Waals surface area contributed by atoms with Crippen LogP contribution < -0.4 is 0 Å². The van der Waals surface area contributed by atoms with Gasteiger partial charge in [-0.05, 0) is 64.8 Å². The molecule has 4 nitrogen and oxygen atoms in total. The minimum absolute atomic E-state index is 0.0557. The topological polar surface area (TPSA) is 60.3 Å². The van der Waals surface area contributed by atoms with Crippen LogP contribution in [0.15, 0.2) is 36.4 Å². The standard InChI is InChI=1S/C31H38N4/c1-29(2,3)26-20-12-10-18(32-20)19-11-13-21(33-19)27(30(4,5)6)23-15-17-25(35-23)28(31(7,8)9)24-16-14-22(26)34-24/h10-17,32-34H,1-9H3. The fraction of sp³-hybridized carbons (Fsp3) is 0.387. The molecule has 8 bridgehead atoms. The lowest BCUT2D eigenvalue weighted by Crippen LogP contribution is -2.15. The Morgan fingerprint density at radius 3 is 1.06 bits per heavy atom. The molecule has 35 heavy (non-hydrogen) atoms. The third-order valence-electron chi connectivity index (χ3n) is 6.83. The van der Waals surface area contributed by atoms with Crippen molar-refractivity contribution >= 4 is 45.3 Å². The molecule has 0 amide bonds. The smallest absolute Gasteiger partial charge is 0.0695 e. The van der Waals surface area contributed by atoms with Gasteiger partial charge in [0.05, 0.1) is 22.4 Å². The molecule has 4 aromatic rings. The van der Waals surface area contributed by atoms with Gasteiger partial charge in [0.25, 0.3) is 0 Å². The van der Waals surface area contributed by atoms with Crippen molar-refractivity contribution in [2.45, 2.75) is 78.6 Å². The van der Waals surface area contributed by atoms with Gasteiger partial charge in [0.15, 0.2) is 0 Å². The van der Waals surface area contributed by atoms with Crippen LogP contribution in [-0.2, 0) is 16.2 Å². The van der Waals surface area contributed by atoms with Crippen LogP contribution in [-0.4, -0.2) is 19.9 Å². The summed E-state index contributed by atoms with van der Waals surface area (Å²) in [4.78, 5) is 16.4. The lowest BCUT2D eigenvalue weighted by molar-refractivity contribution is 0.587. The van der Waals surface area contributed by atoms with E-state index in [9.17, 15) is 0 Å². The summed E-state index contributed by atoms with van der Waals surface area (Å²) in [6, 6.07) is 13.2. The Morgan fingerprint density at radius 2 is 0.714 bits per heavy atom. The van der Waals surface area contributed by atoms with Gasteiger partial charge in [-0.1, -0.05) is 62.3 Å². The Balaban J connectivity index is 2.07. The highest BCUT2D eigenvalue weighted by Gasteiger charge is 2.26.